The van der Waals surface area contributed by atoms with Crippen molar-refractivity contribution >= 4 is 16.9 Å². The van der Waals surface area contributed by atoms with Crippen molar-refractivity contribution in [3.05, 3.63) is 70.6 Å². The van der Waals surface area contributed by atoms with Gasteiger partial charge in [0, 0.05) is 17.7 Å². The van der Waals surface area contributed by atoms with E-state index in [4.69, 9.17) is 5.73 Å². The van der Waals surface area contributed by atoms with Crippen LogP contribution in [0.3, 0.4) is 0 Å². The lowest BCUT2D eigenvalue weighted by atomic mass is 10.0. The molecular weight excluding hydrogens is 222 g/mol. The second kappa shape index (κ2) is 4.24. The van der Waals surface area contributed by atoms with Crippen LogP contribution < -0.4 is 16.2 Å². The van der Waals surface area contributed by atoms with Crippen LogP contribution in [0.2, 0.25) is 0 Å². The van der Waals surface area contributed by atoms with Crippen LogP contribution >= 0.6 is 0 Å². The first kappa shape index (κ1) is 10.9. The fourth-order valence-electron chi connectivity index (χ4n) is 2.45. The Balaban J connectivity index is 2.40. The Morgan fingerprint density at radius 3 is 2.11 bits per heavy atom. The van der Waals surface area contributed by atoms with Gasteiger partial charge in [-0.15, -0.1) is 0 Å². The second-order valence-corrected chi connectivity index (χ2v) is 4.30. The first-order chi connectivity index (χ1) is 8.83. The van der Waals surface area contributed by atoms with Gasteiger partial charge in [0.25, 0.3) is 0 Å². The lowest BCUT2D eigenvalue weighted by molar-refractivity contribution is -0.108. The summed E-state index contributed by atoms with van der Waals surface area (Å²) in [5.74, 6) is 0.0601. The van der Waals surface area contributed by atoms with Gasteiger partial charge in [0.05, 0.1) is 0 Å². The first-order valence-corrected chi connectivity index (χ1v) is 5.95. The first-order valence-electron chi connectivity index (χ1n) is 5.95. The molecule has 2 heteroatoms. The Hall–Kier alpha value is -2.19. The minimum Gasteiger partial charge on any atom is -0.326 e. The van der Waals surface area contributed by atoms with E-state index in [0.717, 1.165) is 21.6 Å². The molecule has 0 radical (unpaired) electrons. The summed E-state index contributed by atoms with van der Waals surface area (Å²) in [5, 5.41) is 1.97. The minimum absolute atomic E-state index is 0.0601. The molecule has 0 heterocycles. The molecular formula is C16H13NO. The molecule has 0 aromatic heterocycles. The van der Waals surface area contributed by atoms with Gasteiger partial charge in [-0.25, -0.2) is 0 Å². The molecule has 2 aromatic carbocycles. The topological polar surface area (TPSA) is 43.1 Å². The predicted octanol–water partition coefficient (Wildman–Crippen LogP) is 0.578. The summed E-state index contributed by atoms with van der Waals surface area (Å²) in [4.78, 5) is 12.4. The quantitative estimate of drug-likeness (QED) is 0.827. The predicted molar refractivity (Wildman–Crippen MR) is 72.1 cm³/mol. The third-order valence-corrected chi connectivity index (χ3v) is 3.29. The number of Topliss-reactive ketones (excluding diaryl/α,β-unsaturated/α-hetero) is 1. The highest BCUT2D eigenvalue weighted by molar-refractivity contribution is 6.41. The maximum Gasteiger partial charge on any atom is 0.192 e. The summed E-state index contributed by atoms with van der Waals surface area (Å²) in [5.41, 5.74) is 8.15. The minimum atomic E-state index is 0.0601. The molecule has 1 aliphatic carbocycles. The summed E-state index contributed by atoms with van der Waals surface area (Å²) in [6, 6.07) is 17.6. The molecule has 0 atom stereocenters. The van der Waals surface area contributed by atoms with Crippen LogP contribution in [-0.4, -0.2) is 12.3 Å². The third kappa shape index (κ3) is 1.50. The molecule has 0 fully saturated rings. The molecule has 0 spiro atoms. The van der Waals surface area contributed by atoms with E-state index in [2.05, 4.69) is 0 Å². The lowest BCUT2D eigenvalue weighted by Gasteiger charge is -2.03. The third-order valence-electron chi connectivity index (χ3n) is 3.29. The molecule has 2 aromatic rings. The van der Waals surface area contributed by atoms with Crippen molar-refractivity contribution in [2.24, 2.45) is 5.73 Å². The average molecular weight is 235 g/mol. The Morgan fingerprint density at radius 2 is 1.44 bits per heavy atom. The maximum absolute atomic E-state index is 12.4. The van der Waals surface area contributed by atoms with E-state index in [1.807, 2.05) is 54.6 Å². The molecule has 3 rings (SSSR count). The highest BCUT2D eigenvalue weighted by atomic mass is 16.1. The molecule has 0 amide bonds. The van der Waals surface area contributed by atoms with E-state index in [-0.39, 0.29) is 12.3 Å². The summed E-state index contributed by atoms with van der Waals surface area (Å²) < 4.78 is 0. The van der Waals surface area contributed by atoms with Crippen molar-refractivity contribution in [2.75, 3.05) is 6.54 Å². The van der Waals surface area contributed by atoms with Crippen LogP contribution in [0.25, 0.3) is 11.1 Å². The molecule has 1 aliphatic rings. The molecule has 0 saturated carbocycles. The van der Waals surface area contributed by atoms with Crippen molar-refractivity contribution in [1.29, 1.82) is 0 Å². The molecule has 0 unspecified atom stereocenters. The van der Waals surface area contributed by atoms with Crippen LogP contribution in [0.1, 0.15) is 5.56 Å². The number of rotatable bonds is 2. The van der Waals surface area contributed by atoms with Gasteiger partial charge < -0.3 is 5.73 Å². The summed E-state index contributed by atoms with van der Waals surface area (Å²) >= 11 is 0. The Labute approximate surface area is 105 Å². The largest absolute Gasteiger partial charge is 0.326 e. The lowest BCUT2D eigenvalue weighted by Crippen LogP contribution is -2.25. The van der Waals surface area contributed by atoms with Gasteiger partial charge in [0.1, 0.15) is 0 Å². The van der Waals surface area contributed by atoms with Gasteiger partial charge in [0.15, 0.2) is 5.78 Å². The fraction of sp³-hybridized carbons (Fsp3) is 0.0625. The molecule has 2 N–H and O–H groups in total. The average Bonchev–Trinajstić information content (AvgIpc) is 2.71. The standard InChI is InChI=1S/C16H13NO/c17-10-14-12-8-4-5-9-13(12)15(16(14)18)11-6-2-1-3-7-11/h1-9H,10,17H2. The fourth-order valence-corrected chi connectivity index (χ4v) is 2.45. The smallest absolute Gasteiger partial charge is 0.192 e. The number of benzene rings is 2. The van der Waals surface area contributed by atoms with E-state index < -0.39 is 0 Å². The van der Waals surface area contributed by atoms with Crippen LogP contribution in [0.4, 0.5) is 0 Å². The molecule has 18 heavy (non-hydrogen) atoms. The van der Waals surface area contributed by atoms with Crippen molar-refractivity contribution in [1.82, 2.24) is 0 Å². The number of hydrogen-bond acceptors (Lipinski definition) is 2. The highest BCUT2D eigenvalue weighted by Gasteiger charge is 2.22. The van der Waals surface area contributed by atoms with E-state index in [9.17, 15) is 4.79 Å². The number of hydrogen-bond donors (Lipinski definition) is 1. The Morgan fingerprint density at radius 1 is 0.833 bits per heavy atom. The Bertz CT molecular complexity index is 729. The summed E-state index contributed by atoms with van der Waals surface area (Å²) in [7, 11) is 0. The summed E-state index contributed by atoms with van der Waals surface area (Å²) in [6.07, 6.45) is 0. The zero-order valence-corrected chi connectivity index (χ0v) is 9.89. The maximum atomic E-state index is 12.4. The number of carbonyl (C=O) groups is 1. The van der Waals surface area contributed by atoms with Crippen molar-refractivity contribution in [3.8, 4) is 0 Å². The van der Waals surface area contributed by atoms with Gasteiger partial charge in [-0.2, -0.15) is 0 Å². The van der Waals surface area contributed by atoms with Crippen LogP contribution in [-0.2, 0) is 4.79 Å². The van der Waals surface area contributed by atoms with Gasteiger partial charge in [0.2, 0.25) is 0 Å². The van der Waals surface area contributed by atoms with E-state index in [1.165, 1.54) is 0 Å². The summed E-state index contributed by atoms with van der Waals surface area (Å²) in [6.45, 7) is 0.284. The van der Waals surface area contributed by atoms with E-state index >= 15 is 0 Å². The van der Waals surface area contributed by atoms with Gasteiger partial charge in [-0.05, 0) is 16.0 Å². The molecule has 0 aliphatic heterocycles. The van der Waals surface area contributed by atoms with Crippen LogP contribution in [0.5, 0.6) is 0 Å². The monoisotopic (exact) mass is 235 g/mol. The SMILES string of the molecule is NCC1=c2ccccc2=C(c2ccccc2)C1=O. The van der Waals surface area contributed by atoms with Crippen molar-refractivity contribution < 1.29 is 4.79 Å². The number of ketones is 1. The number of carbonyl (C=O) groups excluding carboxylic acids is 1. The van der Waals surface area contributed by atoms with Crippen LogP contribution in [0, 0.1) is 0 Å². The second-order valence-electron chi connectivity index (χ2n) is 4.30. The van der Waals surface area contributed by atoms with Gasteiger partial charge >= 0.3 is 0 Å². The van der Waals surface area contributed by atoms with E-state index in [0.29, 0.717) is 5.57 Å². The molecule has 2 nitrogen and oxygen atoms in total. The zero-order chi connectivity index (χ0) is 12.5. The molecule has 0 saturated heterocycles. The van der Waals surface area contributed by atoms with Gasteiger partial charge in [-0.3, -0.25) is 4.79 Å². The normalized spacial score (nSPS) is 13.9. The van der Waals surface area contributed by atoms with Crippen molar-refractivity contribution in [2.45, 2.75) is 0 Å². The Kier molecular flexibility index (Phi) is 2.58. The zero-order valence-electron chi connectivity index (χ0n) is 9.89. The van der Waals surface area contributed by atoms with Crippen molar-refractivity contribution in [3.63, 3.8) is 0 Å². The number of fused-ring (bicyclic) bond motifs is 1. The highest BCUT2D eigenvalue weighted by Crippen LogP contribution is 2.18. The molecule has 0 bridgehead atoms. The molecule has 88 valence electrons. The van der Waals surface area contributed by atoms with Crippen LogP contribution in [0.15, 0.2) is 54.6 Å². The van der Waals surface area contributed by atoms with Gasteiger partial charge in [-0.1, -0.05) is 54.6 Å². The van der Waals surface area contributed by atoms with E-state index in [1.54, 1.807) is 0 Å². The number of nitrogens with two attached hydrogens (primary N) is 1.